The van der Waals surface area contributed by atoms with Crippen molar-refractivity contribution in [2.45, 2.75) is 6.54 Å². The summed E-state index contributed by atoms with van der Waals surface area (Å²) in [6.45, 7) is 0.0101. The van der Waals surface area contributed by atoms with Crippen LogP contribution in [-0.4, -0.2) is 34.9 Å². The number of amides is 1. The number of ether oxygens (including phenoxy) is 3. The van der Waals surface area contributed by atoms with E-state index in [-0.39, 0.29) is 12.5 Å². The fourth-order valence-electron chi connectivity index (χ4n) is 3.21. The summed E-state index contributed by atoms with van der Waals surface area (Å²) in [4.78, 5) is 12.7. The highest BCUT2D eigenvalue weighted by Gasteiger charge is 2.13. The zero-order chi connectivity index (χ0) is 23.2. The Hall–Kier alpha value is -4.11. The van der Waals surface area contributed by atoms with E-state index in [0.29, 0.717) is 33.5 Å². The number of hydrogen-bond acceptors (Lipinski definition) is 6. The Morgan fingerprint density at radius 1 is 0.939 bits per heavy atom. The Balaban J connectivity index is 1.43. The summed E-state index contributed by atoms with van der Waals surface area (Å²) >= 11 is 5.32. The fourth-order valence-corrected chi connectivity index (χ4v) is 3.40. The van der Waals surface area contributed by atoms with E-state index in [9.17, 15) is 4.79 Å². The van der Waals surface area contributed by atoms with Gasteiger partial charge in [0.25, 0.3) is 0 Å². The second kappa shape index (κ2) is 10.0. The average Bonchev–Trinajstić information content (AvgIpc) is 3.20. The molecule has 1 aromatic heterocycles. The van der Waals surface area contributed by atoms with Gasteiger partial charge < -0.3 is 19.5 Å². The zero-order valence-corrected chi connectivity index (χ0v) is 18.9. The third-order valence-electron chi connectivity index (χ3n) is 4.84. The maximum absolute atomic E-state index is 12.7. The Bertz CT molecular complexity index is 1300. The number of carbonyl (C=O) groups is 1. The number of nitrogens with one attached hydrogen (secondary N) is 2. The van der Waals surface area contributed by atoms with Gasteiger partial charge in [0.05, 0.1) is 14.2 Å². The lowest BCUT2D eigenvalue weighted by Crippen LogP contribution is -2.19. The molecule has 0 spiro atoms. The molecule has 33 heavy (non-hydrogen) atoms. The number of methoxy groups -OCH3 is 2. The number of anilines is 1. The van der Waals surface area contributed by atoms with Crippen LogP contribution in [0.1, 0.15) is 0 Å². The minimum Gasteiger partial charge on any atom is -0.497 e. The van der Waals surface area contributed by atoms with Crippen molar-refractivity contribution in [3.05, 3.63) is 77.6 Å². The van der Waals surface area contributed by atoms with Gasteiger partial charge in [0.2, 0.25) is 5.91 Å². The molecule has 0 radical (unpaired) electrons. The highest BCUT2D eigenvalue weighted by atomic mass is 32.1. The van der Waals surface area contributed by atoms with Crippen molar-refractivity contribution in [1.82, 2.24) is 14.8 Å². The van der Waals surface area contributed by atoms with E-state index in [1.165, 1.54) is 0 Å². The molecule has 3 aromatic carbocycles. The number of benzene rings is 3. The maximum atomic E-state index is 12.7. The van der Waals surface area contributed by atoms with Crippen LogP contribution in [0.15, 0.2) is 72.8 Å². The van der Waals surface area contributed by atoms with Gasteiger partial charge in [-0.1, -0.05) is 12.1 Å². The van der Waals surface area contributed by atoms with Crippen LogP contribution in [0.25, 0.3) is 11.4 Å². The van der Waals surface area contributed by atoms with Gasteiger partial charge >= 0.3 is 0 Å². The Morgan fingerprint density at radius 3 is 2.27 bits per heavy atom. The van der Waals surface area contributed by atoms with Crippen LogP contribution in [0.2, 0.25) is 0 Å². The van der Waals surface area contributed by atoms with Crippen LogP contribution < -0.4 is 19.5 Å². The summed E-state index contributed by atoms with van der Waals surface area (Å²) in [5.41, 5.74) is 1.45. The number of H-pyrrole nitrogens is 1. The summed E-state index contributed by atoms with van der Waals surface area (Å²) in [6, 6.07) is 21.8. The minimum absolute atomic E-state index is 0.0101. The van der Waals surface area contributed by atoms with Gasteiger partial charge in [0.15, 0.2) is 22.1 Å². The predicted molar refractivity (Wildman–Crippen MR) is 128 cm³/mol. The molecular formula is C24H22N4O4S. The lowest BCUT2D eigenvalue weighted by atomic mass is 10.2. The Kier molecular flexibility index (Phi) is 6.70. The zero-order valence-electron chi connectivity index (χ0n) is 18.1. The molecule has 0 atom stereocenters. The van der Waals surface area contributed by atoms with Gasteiger partial charge in [-0.05, 0) is 72.9 Å². The maximum Gasteiger partial charge on any atom is 0.244 e. The van der Waals surface area contributed by atoms with Crippen molar-refractivity contribution in [2.24, 2.45) is 0 Å². The van der Waals surface area contributed by atoms with E-state index < -0.39 is 0 Å². The topological polar surface area (TPSA) is 90.4 Å². The summed E-state index contributed by atoms with van der Waals surface area (Å²) in [7, 11) is 3.19. The lowest BCUT2D eigenvalue weighted by Gasteiger charge is -2.11. The van der Waals surface area contributed by atoms with Crippen molar-refractivity contribution < 1.29 is 19.0 Å². The third-order valence-corrected chi connectivity index (χ3v) is 5.15. The van der Waals surface area contributed by atoms with Crippen LogP contribution in [0, 0.1) is 4.77 Å². The molecule has 1 heterocycles. The molecule has 4 rings (SSSR count). The van der Waals surface area contributed by atoms with Crippen molar-refractivity contribution in [1.29, 1.82) is 0 Å². The fraction of sp³-hybridized carbons (Fsp3) is 0.125. The first-order valence-corrected chi connectivity index (χ1v) is 10.5. The standard InChI is InChI=1S/C24H22N4O4S/c1-30-18-11-7-16(8-12-18)23-26-27-24(33)28(23)15-22(29)25-17-9-13-19(14-10-17)32-21-6-4-3-5-20(21)31-2/h3-14H,15H2,1-2H3,(H,25,29)(H,27,33). The Labute approximate surface area is 195 Å². The van der Waals surface area contributed by atoms with Gasteiger partial charge in [-0.3, -0.25) is 14.5 Å². The molecule has 0 aliphatic rings. The number of nitrogens with zero attached hydrogens (tertiary/aromatic N) is 2. The monoisotopic (exact) mass is 462 g/mol. The molecule has 0 saturated carbocycles. The highest BCUT2D eigenvalue weighted by molar-refractivity contribution is 7.71. The summed E-state index contributed by atoms with van der Waals surface area (Å²) in [5, 5.41) is 9.89. The molecule has 2 N–H and O–H groups in total. The Morgan fingerprint density at radius 2 is 1.61 bits per heavy atom. The summed E-state index contributed by atoms with van der Waals surface area (Å²) in [5.74, 6) is 2.93. The molecule has 4 aromatic rings. The lowest BCUT2D eigenvalue weighted by molar-refractivity contribution is -0.116. The quantitative estimate of drug-likeness (QED) is 0.356. The van der Waals surface area contributed by atoms with Crippen LogP contribution in [0.3, 0.4) is 0 Å². The van der Waals surface area contributed by atoms with Gasteiger partial charge in [-0.2, -0.15) is 5.10 Å². The van der Waals surface area contributed by atoms with Crippen molar-refractivity contribution in [3.63, 3.8) is 0 Å². The van der Waals surface area contributed by atoms with E-state index in [0.717, 1.165) is 11.3 Å². The van der Waals surface area contributed by atoms with E-state index in [2.05, 4.69) is 15.5 Å². The molecule has 0 fully saturated rings. The molecule has 0 bridgehead atoms. The number of aromatic amines is 1. The van der Waals surface area contributed by atoms with E-state index in [1.807, 2.05) is 48.5 Å². The molecule has 8 nitrogen and oxygen atoms in total. The van der Waals surface area contributed by atoms with Crippen molar-refractivity contribution in [2.75, 3.05) is 19.5 Å². The predicted octanol–water partition coefficient (Wildman–Crippen LogP) is 5.06. The first-order chi connectivity index (χ1) is 16.1. The van der Waals surface area contributed by atoms with E-state index in [4.69, 9.17) is 26.4 Å². The van der Waals surface area contributed by atoms with Crippen LogP contribution in [0.4, 0.5) is 5.69 Å². The largest absolute Gasteiger partial charge is 0.497 e. The summed E-state index contributed by atoms with van der Waals surface area (Å²) < 4.78 is 18.4. The molecule has 0 aliphatic carbocycles. The van der Waals surface area contributed by atoms with Crippen molar-refractivity contribution in [3.8, 4) is 34.4 Å². The second-order valence-electron chi connectivity index (χ2n) is 6.99. The first kappa shape index (κ1) is 22.1. The van der Waals surface area contributed by atoms with Gasteiger partial charge in [0.1, 0.15) is 18.0 Å². The average molecular weight is 463 g/mol. The highest BCUT2D eigenvalue weighted by Crippen LogP contribution is 2.31. The van der Waals surface area contributed by atoms with E-state index in [1.54, 1.807) is 43.1 Å². The molecule has 0 unspecified atom stereocenters. The van der Waals surface area contributed by atoms with Crippen molar-refractivity contribution >= 4 is 23.8 Å². The third kappa shape index (κ3) is 5.21. The number of rotatable bonds is 8. The molecule has 0 saturated heterocycles. The van der Waals surface area contributed by atoms with Gasteiger partial charge in [0, 0.05) is 11.3 Å². The number of para-hydroxylation sites is 2. The van der Waals surface area contributed by atoms with E-state index >= 15 is 0 Å². The molecule has 1 amide bonds. The normalized spacial score (nSPS) is 10.5. The molecule has 9 heteroatoms. The number of hydrogen-bond donors (Lipinski definition) is 2. The SMILES string of the molecule is COc1ccc(-c2n[nH]c(=S)n2CC(=O)Nc2ccc(Oc3ccccc3OC)cc2)cc1. The van der Waals surface area contributed by atoms with Crippen LogP contribution in [-0.2, 0) is 11.3 Å². The smallest absolute Gasteiger partial charge is 0.244 e. The first-order valence-electron chi connectivity index (χ1n) is 10.1. The van der Waals surface area contributed by atoms with Crippen LogP contribution >= 0.6 is 12.2 Å². The number of aromatic nitrogens is 3. The number of carbonyl (C=O) groups excluding carboxylic acids is 1. The van der Waals surface area contributed by atoms with Gasteiger partial charge in [-0.15, -0.1) is 0 Å². The molecular weight excluding hydrogens is 440 g/mol. The van der Waals surface area contributed by atoms with Crippen LogP contribution in [0.5, 0.6) is 23.0 Å². The minimum atomic E-state index is -0.236. The molecule has 0 aliphatic heterocycles. The second-order valence-corrected chi connectivity index (χ2v) is 7.38. The molecule has 168 valence electrons. The van der Waals surface area contributed by atoms with Gasteiger partial charge in [-0.25, -0.2) is 0 Å². The summed E-state index contributed by atoms with van der Waals surface area (Å²) in [6.07, 6.45) is 0.